The van der Waals surface area contributed by atoms with Crippen LogP contribution in [-0.4, -0.2) is 12.6 Å². The van der Waals surface area contributed by atoms with Gasteiger partial charge in [0.05, 0.1) is 11.6 Å². The molecule has 16 heavy (non-hydrogen) atoms. The second-order valence-electron chi connectivity index (χ2n) is 4.22. The second-order valence-corrected chi connectivity index (χ2v) is 4.22. The summed E-state index contributed by atoms with van der Waals surface area (Å²) in [4.78, 5) is 0. The smallest absolute Gasteiger partial charge is 0.119 e. The van der Waals surface area contributed by atoms with Crippen LogP contribution in [0.4, 0.5) is 0 Å². The van der Waals surface area contributed by atoms with E-state index in [2.05, 4.69) is 6.07 Å². The van der Waals surface area contributed by atoms with Gasteiger partial charge in [-0.2, -0.15) is 5.26 Å². The molecule has 3 nitrogen and oxygen atoms in total. The predicted octanol–water partition coefficient (Wildman–Crippen LogP) is 2.06. The van der Waals surface area contributed by atoms with Crippen molar-refractivity contribution in [3.63, 3.8) is 0 Å². The SMILES string of the molecule is N#Cc1ccc(OC2CCCC2CN)cc1. The maximum Gasteiger partial charge on any atom is 0.119 e. The third kappa shape index (κ3) is 2.34. The summed E-state index contributed by atoms with van der Waals surface area (Å²) in [6.07, 6.45) is 3.69. The highest BCUT2D eigenvalue weighted by molar-refractivity contribution is 5.34. The Labute approximate surface area is 95.8 Å². The Balaban J connectivity index is 2.00. The zero-order valence-electron chi connectivity index (χ0n) is 9.23. The van der Waals surface area contributed by atoms with Crippen LogP contribution in [0.2, 0.25) is 0 Å². The van der Waals surface area contributed by atoms with E-state index < -0.39 is 0 Å². The second kappa shape index (κ2) is 5.00. The molecule has 2 atom stereocenters. The lowest BCUT2D eigenvalue weighted by Crippen LogP contribution is -2.27. The van der Waals surface area contributed by atoms with E-state index in [9.17, 15) is 0 Å². The molecule has 1 aromatic rings. The molecule has 0 heterocycles. The molecular weight excluding hydrogens is 200 g/mol. The summed E-state index contributed by atoms with van der Waals surface area (Å²) in [5.41, 5.74) is 6.36. The van der Waals surface area contributed by atoms with Gasteiger partial charge < -0.3 is 10.5 Å². The van der Waals surface area contributed by atoms with Crippen molar-refractivity contribution in [2.24, 2.45) is 11.7 Å². The molecule has 2 N–H and O–H groups in total. The van der Waals surface area contributed by atoms with E-state index in [0.717, 1.165) is 18.6 Å². The molecular formula is C13H16N2O. The number of hydrogen-bond donors (Lipinski definition) is 1. The lowest BCUT2D eigenvalue weighted by atomic mass is 10.1. The van der Waals surface area contributed by atoms with Gasteiger partial charge in [0.2, 0.25) is 0 Å². The normalized spacial score (nSPS) is 24.0. The topological polar surface area (TPSA) is 59.0 Å². The van der Waals surface area contributed by atoms with Gasteiger partial charge in [-0.05, 0) is 50.1 Å². The Morgan fingerprint density at radius 3 is 2.69 bits per heavy atom. The number of hydrogen-bond acceptors (Lipinski definition) is 3. The molecule has 1 aliphatic rings. The van der Waals surface area contributed by atoms with Gasteiger partial charge >= 0.3 is 0 Å². The van der Waals surface area contributed by atoms with Crippen LogP contribution < -0.4 is 10.5 Å². The standard InChI is InChI=1S/C13H16N2O/c14-8-10-4-6-12(7-5-10)16-13-3-1-2-11(13)9-15/h4-7,11,13H,1-3,9,15H2. The minimum Gasteiger partial charge on any atom is -0.490 e. The summed E-state index contributed by atoms with van der Waals surface area (Å²) in [6.45, 7) is 0.695. The maximum absolute atomic E-state index is 8.69. The summed E-state index contributed by atoms with van der Waals surface area (Å²) in [5.74, 6) is 1.32. The molecule has 0 radical (unpaired) electrons. The van der Waals surface area contributed by atoms with Crippen LogP contribution in [0.15, 0.2) is 24.3 Å². The zero-order chi connectivity index (χ0) is 11.4. The van der Waals surface area contributed by atoms with E-state index in [0.29, 0.717) is 18.0 Å². The number of nitrogens with zero attached hydrogens (tertiary/aromatic N) is 1. The molecule has 84 valence electrons. The molecule has 0 saturated heterocycles. The zero-order valence-corrected chi connectivity index (χ0v) is 9.23. The van der Waals surface area contributed by atoms with Crippen LogP contribution in [0.1, 0.15) is 24.8 Å². The molecule has 1 saturated carbocycles. The number of benzene rings is 1. The fourth-order valence-corrected chi connectivity index (χ4v) is 2.21. The van der Waals surface area contributed by atoms with Gasteiger partial charge in [-0.15, -0.1) is 0 Å². The van der Waals surface area contributed by atoms with E-state index in [-0.39, 0.29) is 6.10 Å². The third-order valence-electron chi connectivity index (χ3n) is 3.16. The van der Waals surface area contributed by atoms with Crippen LogP contribution in [-0.2, 0) is 0 Å². The minimum absolute atomic E-state index is 0.248. The van der Waals surface area contributed by atoms with Crippen molar-refractivity contribution in [2.75, 3.05) is 6.54 Å². The van der Waals surface area contributed by atoms with Crippen LogP contribution in [0, 0.1) is 17.2 Å². The highest BCUT2D eigenvalue weighted by Crippen LogP contribution is 2.29. The lowest BCUT2D eigenvalue weighted by Gasteiger charge is -2.19. The van der Waals surface area contributed by atoms with Gasteiger partial charge in [-0.1, -0.05) is 0 Å². The van der Waals surface area contributed by atoms with E-state index in [1.165, 1.54) is 6.42 Å². The van der Waals surface area contributed by atoms with Crippen LogP contribution >= 0.6 is 0 Å². The van der Waals surface area contributed by atoms with Crippen LogP contribution in [0.5, 0.6) is 5.75 Å². The quantitative estimate of drug-likeness (QED) is 0.841. The average Bonchev–Trinajstić information content (AvgIpc) is 2.77. The highest BCUT2D eigenvalue weighted by atomic mass is 16.5. The van der Waals surface area contributed by atoms with Gasteiger partial charge in [0.15, 0.2) is 0 Å². The van der Waals surface area contributed by atoms with E-state index >= 15 is 0 Å². The fraction of sp³-hybridized carbons (Fsp3) is 0.462. The predicted molar refractivity (Wildman–Crippen MR) is 62.0 cm³/mol. The van der Waals surface area contributed by atoms with Gasteiger partial charge in [-0.3, -0.25) is 0 Å². The summed E-state index contributed by atoms with van der Waals surface area (Å²) < 4.78 is 5.89. The fourth-order valence-electron chi connectivity index (χ4n) is 2.21. The molecule has 2 rings (SSSR count). The van der Waals surface area contributed by atoms with Gasteiger partial charge in [0.1, 0.15) is 11.9 Å². The van der Waals surface area contributed by atoms with Crippen LogP contribution in [0.3, 0.4) is 0 Å². The lowest BCUT2D eigenvalue weighted by molar-refractivity contribution is 0.162. The third-order valence-corrected chi connectivity index (χ3v) is 3.16. The van der Waals surface area contributed by atoms with E-state index in [1.54, 1.807) is 12.1 Å². The number of nitrogens with two attached hydrogens (primary N) is 1. The van der Waals surface area contributed by atoms with Gasteiger partial charge in [0.25, 0.3) is 0 Å². The van der Waals surface area contributed by atoms with Crippen molar-refractivity contribution in [1.29, 1.82) is 5.26 Å². The first-order chi connectivity index (χ1) is 7.83. The first-order valence-corrected chi connectivity index (χ1v) is 5.70. The van der Waals surface area contributed by atoms with E-state index in [4.69, 9.17) is 15.7 Å². The number of rotatable bonds is 3. The molecule has 1 fully saturated rings. The Bertz CT molecular complexity index is 380. The Kier molecular flexibility index (Phi) is 3.43. The van der Waals surface area contributed by atoms with Crippen molar-refractivity contribution in [2.45, 2.75) is 25.4 Å². The molecule has 0 bridgehead atoms. The maximum atomic E-state index is 8.69. The summed E-state index contributed by atoms with van der Waals surface area (Å²) >= 11 is 0. The van der Waals surface area contributed by atoms with Crippen molar-refractivity contribution >= 4 is 0 Å². The molecule has 0 spiro atoms. The molecule has 0 amide bonds. The molecule has 3 heteroatoms. The Morgan fingerprint density at radius 2 is 2.06 bits per heavy atom. The van der Waals surface area contributed by atoms with Crippen molar-refractivity contribution < 1.29 is 4.74 Å². The molecule has 1 aromatic carbocycles. The van der Waals surface area contributed by atoms with Crippen molar-refractivity contribution in [3.8, 4) is 11.8 Å². The van der Waals surface area contributed by atoms with E-state index in [1.807, 2.05) is 12.1 Å². The summed E-state index contributed by atoms with van der Waals surface area (Å²) in [7, 11) is 0. The van der Waals surface area contributed by atoms with Gasteiger partial charge in [0, 0.05) is 5.92 Å². The monoisotopic (exact) mass is 216 g/mol. The number of ether oxygens (including phenoxy) is 1. The Hall–Kier alpha value is -1.53. The van der Waals surface area contributed by atoms with Gasteiger partial charge in [-0.25, -0.2) is 0 Å². The average molecular weight is 216 g/mol. The summed E-state index contributed by atoms with van der Waals surface area (Å²) in [5, 5.41) is 8.69. The molecule has 1 aliphatic carbocycles. The van der Waals surface area contributed by atoms with Crippen LogP contribution in [0.25, 0.3) is 0 Å². The first kappa shape index (κ1) is 11.0. The Morgan fingerprint density at radius 1 is 1.31 bits per heavy atom. The minimum atomic E-state index is 0.248. The van der Waals surface area contributed by atoms with Crippen molar-refractivity contribution in [1.82, 2.24) is 0 Å². The summed E-state index contributed by atoms with van der Waals surface area (Å²) in [6, 6.07) is 9.35. The largest absolute Gasteiger partial charge is 0.490 e. The molecule has 0 aromatic heterocycles. The highest BCUT2D eigenvalue weighted by Gasteiger charge is 2.27. The first-order valence-electron chi connectivity index (χ1n) is 5.70. The molecule has 2 unspecified atom stereocenters. The number of nitriles is 1. The molecule has 0 aliphatic heterocycles. The van der Waals surface area contributed by atoms with Crippen molar-refractivity contribution in [3.05, 3.63) is 29.8 Å².